The Labute approximate surface area is 102 Å². The Hall–Kier alpha value is -1.59. The summed E-state index contributed by atoms with van der Waals surface area (Å²) in [6, 6.07) is 8.70. The van der Waals surface area contributed by atoms with Gasteiger partial charge in [-0.3, -0.25) is 4.57 Å². The zero-order valence-electron chi connectivity index (χ0n) is 8.22. The van der Waals surface area contributed by atoms with Crippen LogP contribution >= 0.6 is 23.8 Å². The third-order valence-electron chi connectivity index (χ3n) is 2.05. The summed E-state index contributed by atoms with van der Waals surface area (Å²) < 4.78 is 1.95. The van der Waals surface area contributed by atoms with Gasteiger partial charge in [0, 0.05) is 16.8 Å². The molecule has 0 spiro atoms. The van der Waals surface area contributed by atoms with E-state index >= 15 is 0 Å². The highest BCUT2D eigenvalue weighted by Gasteiger charge is 2.03. The molecular formula is C10H9ClN4S. The average Bonchev–Trinajstić information content (AvgIpc) is 2.19. The summed E-state index contributed by atoms with van der Waals surface area (Å²) in [4.78, 5) is 3.98. The number of hydrogen-bond donors (Lipinski definition) is 2. The van der Waals surface area contributed by atoms with Gasteiger partial charge < -0.3 is 11.5 Å². The van der Waals surface area contributed by atoms with Crippen LogP contribution in [0.5, 0.6) is 0 Å². The number of halogens is 1. The number of nitrogens with two attached hydrogens (primary N) is 2. The Kier molecular flexibility index (Phi) is 2.80. The smallest absolute Gasteiger partial charge is 0.207 e. The van der Waals surface area contributed by atoms with E-state index in [9.17, 15) is 0 Å². The quantitative estimate of drug-likeness (QED) is 0.765. The molecule has 0 aliphatic rings. The summed E-state index contributed by atoms with van der Waals surface area (Å²) in [6.45, 7) is 0. The van der Waals surface area contributed by atoms with Crippen molar-refractivity contribution in [2.24, 2.45) is 0 Å². The van der Waals surface area contributed by atoms with Gasteiger partial charge >= 0.3 is 0 Å². The maximum atomic E-state index is 5.84. The molecule has 2 aromatic rings. The second-order valence-corrected chi connectivity index (χ2v) is 4.00. The van der Waals surface area contributed by atoms with E-state index in [1.807, 2.05) is 12.1 Å². The molecular weight excluding hydrogens is 244 g/mol. The second kappa shape index (κ2) is 4.11. The molecule has 16 heavy (non-hydrogen) atoms. The molecule has 6 heteroatoms. The summed E-state index contributed by atoms with van der Waals surface area (Å²) in [5, 5.41) is 0.650. The second-order valence-electron chi connectivity index (χ2n) is 3.20. The molecule has 0 aliphatic carbocycles. The van der Waals surface area contributed by atoms with Gasteiger partial charge in [-0.2, -0.15) is 0 Å². The van der Waals surface area contributed by atoms with Crippen molar-refractivity contribution < 1.29 is 0 Å². The van der Waals surface area contributed by atoms with Crippen LogP contribution in [0.2, 0.25) is 5.02 Å². The third-order valence-corrected chi connectivity index (χ3v) is 2.58. The van der Waals surface area contributed by atoms with Crippen LogP contribution in [0.15, 0.2) is 30.3 Å². The minimum atomic E-state index is 0.313. The molecule has 4 nitrogen and oxygen atoms in total. The maximum absolute atomic E-state index is 5.84. The molecule has 0 saturated heterocycles. The van der Waals surface area contributed by atoms with Gasteiger partial charge in [0.2, 0.25) is 4.77 Å². The number of hydrogen-bond acceptors (Lipinski definition) is 4. The molecule has 82 valence electrons. The van der Waals surface area contributed by atoms with Crippen LogP contribution < -0.4 is 11.5 Å². The lowest BCUT2D eigenvalue weighted by Crippen LogP contribution is -2.08. The van der Waals surface area contributed by atoms with Crippen molar-refractivity contribution in [2.45, 2.75) is 0 Å². The first-order valence-corrected chi connectivity index (χ1v) is 5.27. The Morgan fingerprint density at radius 1 is 1.19 bits per heavy atom. The van der Waals surface area contributed by atoms with E-state index in [2.05, 4.69) is 4.98 Å². The Bertz CT molecular complexity index is 576. The topological polar surface area (TPSA) is 69.9 Å². The van der Waals surface area contributed by atoms with E-state index in [0.29, 0.717) is 21.4 Å². The van der Waals surface area contributed by atoms with Crippen LogP contribution in [0.3, 0.4) is 0 Å². The van der Waals surface area contributed by atoms with Gasteiger partial charge in [-0.15, -0.1) is 0 Å². The van der Waals surface area contributed by atoms with Gasteiger partial charge in [-0.1, -0.05) is 11.6 Å². The molecule has 0 bridgehead atoms. The third kappa shape index (κ3) is 2.00. The summed E-state index contributed by atoms with van der Waals surface area (Å²) in [6.07, 6.45) is 0. The molecule has 0 fully saturated rings. The van der Waals surface area contributed by atoms with Crippen molar-refractivity contribution in [1.29, 1.82) is 0 Å². The van der Waals surface area contributed by atoms with E-state index in [4.69, 9.17) is 35.3 Å². The number of nitrogen functional groups attached to an aromatic ring is 2. The molecule has 1 aromatic heterocycles. The number of aromatic nitrogens is 2. The normalized spacial score (nSPS) is 10.3. The zero-order valence-corrected chi connectivity index (χ0v) is 9.79. The molecule has 0 atom stereocenters. The largest absolute Gasteiger partial charge is 0.385 e. The highest BCUT2D eigenvalue weighted by atomic mass is 35.5. The number of anilines is 2. The number of nitrogens with zero attached hydrogens (tertiary/aromatic N) is 2. The fraction of sp³-hybridized carbons (Fsp3) is 0. The van der Waals surface area contributed by atoms with Gasteiger partial charge in [0.15, 0.2) is 0 Å². The minimum absolute atomic E-state index is 0.313. The first kappa shape index (κ1) is 10.9. The van der Waals surface area contributed by atoms with Gasteiger partial charge in [0.1, 0.15) is 11.6 Å². The lowest BCUT2D eigenvalue weighted by molar-refractivity contribution is 0.975. The van der Waals surface area contributed by atoms with Crippen LogP contribution in [0.4, 0.5) is 11.6 Å². The monoisotopic (exact) mass is 252 g/mol. The van der Waals surface area contributed by atoms with Crippen molar-refractivity contribution >= 4 is 35.5 Å². The van der Waals surface area contributed by atoms with Crippen LogP contribution in [-0.4, -0.2) is 9.55 Å². The molecule has 0 amide bonds. The van der Waals surface area contributed by atoms with Crippen molar-refractivity contribution in [3.8, 4) is 5.69 Å². The van der Waals surface area contributed by atoms with Crippen LogP contribution in [-0.2, 0) is 0 Å². The zero-order chi connectivity index (χ0) is 11.7. The highest BCUT2D eigenvalue weighted by molar-refractivity contribution is 7.71. The Morgan fingerprint density at radius 2 is 1.81 bits per heavy atom. The van der Waals surface area contributed by atoms with Crippen LogP contribution in [0.1, 0.15) is 0 Å². The van der Waals surface area contributed by atoms with Crippen molar-refractivity contribution in [1.82, 2.24) is 9.55 Å². The molecule has 1 heterocycles. The van der Waals surface area contributed by atoms with E-state index < -0.39 is 0 Å². The Balaban J connectivity index is 2.65. The van der Waals surface area contributed by atoms with E-state index in [1.165, 1.54) is 0 Å². The fourth-order valence-corrected chi connectivity index (χ4v) is 1.81. The predicted molar refractivity (Wildman–Crippen MR) is 68.2 cm³/mol. The Morgan fingerprint density at radius 3 is 2.38 bits per heavy atom. The van der Waals surface area contributed by atoms with Gasteiger partial charge in [0.05, 0.1) is 0 Å². The van der Waals surface area contributed by atoms with E-state index in [-0.39, 0.29) is 0 Å². The van der Waals surface area contributed by atoms with Gasteiger partial charge in [-0.05, 0) is 36.5 Å². The summed E-state index contributed by atoms with van der Waals surface area (Å²) in [5.41, 5.74) is 12.2. The first-order valence-electron chi connectivity index (χ1n) is 4.49. The fourth-order valence-electron chi connectivity index (χ4n) is 1.37. The number of benzene rings is 1. The molecule has 2 rings (SSSR count). The summed E-state index contributed by atoms with van der Waals surface area (Å²) >= 11 is 10.9. The van der Waals surface area contributed by atoms with Crippen molar-refractivity contribution in [3.05, 3.63) is 40.1 Å². The van der Waals surface area contributed by atoms with Crippen molar-refractivity contribution in [3.63, 3.8) is 0 Å². The van der Waals surface area contributed by atoms with Crippen LogP contribution in [0, 0.1) is 4.77 Å². The maximum Gasteiger partial charge on any atom is 0.207 e. The van der Waals surface area contributed by atoms with E-state index in [0.717, 1.165) is 5.69 Å². The highest BCUT2D eigenvalue weighted by Crippen LogP contribution is 2.18. The van der Waals surface area contributed by atoms with Gasteiger partial charge in [-0.25, -0.2) is 4.98 Å². The SMILES string of the molecule is Nc1cc(N)n(-c2ccc(Cl)cc2)c(=S)n1. The minimum Gasteiger partial charge on any atom is -0.385 e. The lowest BCUT2D eigenvalue weighted by atomic mass is 10.3. The summed E-state index contributed by atoms with van der Waals surface area (Å²) in [5.74, 6) is 0.757. The molecule has 0 saturated carbocycles. The predicted octanol–water partition coefficient (Wildman–Crippen LogP) is 2.42. The molecule has 1 aromatic carbocycles. The van der Waals surface area contributed by atoms with Crippen molar-refractivity contribution in [2.75, 3.05) is 11.5 Å². The number of rotatable bonds is 1. The first-order chi connectivity index (χ1) is 7.58. The van der Waals surface area contributed by atoms with Gasteiger partial charge in [0.25, 0.3) is 0 Å². The molecule has 0 unspecified atom stereocenters. The average molecular weight is 253 g/mol. The molecule has 4 N–H and O–H groups in total. The molecule has 0 aliphatic heterocycles. The lowest BCUT2D eigenvalue weighted by Gasteiger charge is -2.10. The molecule has 0 radical (unpaired) electrons. The standard InChI is InChI=1S/C10H9ClN4S/c11-6-1-3-7(4-2-6)15-9(13)5-8(12)14-10(15)16/h1-5H,13H2,(H2,12,14,16). The van der Waals surface area contributed by atoms with E-state index in [1.54, 1.807) is 22.8 Å². The van der Waals surface area contributed by atoms with Crippen LogP contribution in [0.25, 0.3) is 5.69 Å². The summed E-state index contributed by atoms with van der Waals surface area (Å²) in [7, 11) is 0.